The van der Waals surface area contributed by atoms with Crippen molar-refractivity contribution in [2.45, 2.75) is 6.42 Å². The van der Waals surface area contributed by atoms with Crippen LogP contribution in [-0.2, 0) is 6.42 Å². The van der Waals surface area contributed by atoms with Gasteiger partial charge in [0.1, 0.15) is 18.5 Å². The Morgan fingerprint density at radius 3 is 3.00 bits per heavy atom. The lowest BCUT2D eigenvalue weighted by molar-refractivity contribution is 0.0938. The maximum atomic E-state index is 12.5. The first-order chi connectivity index (χ1) is 13.2. The van der Waals surface area contributed by atoms with Crippen LogP contribution in [0.2, 0.25) is 0 Å². The van der Waals surface area contributed by atoms with Gasteiger partial charge in [-0.05, 0) is 30.2 Å². The van der Waals surface area contributed by atoms with Gasteiger partial charge in [0.15, 0.2) is 11.5 Å². The van der Waals surface area contributed by atoms with Gasteiger partial charge in [-0.3, -0.25) is 9.36 Å². The molecule has 0 radical (unpaired) electrons. The minimum Gasteiger partial charge on any atom is -0.493 e. The Bertz CT molecular complexity index is 942. The molecule has 0 bridgehead atoms. The standard InChI is InChI=1S/C19H19N5O3/c1-26-16-4-2-3-14-7-13(10-27-18(14)16)9-21-19(25)15-5-6-20-17(8-15)24-11-22-23-12-24/h2-6,8,11-13H,7,9-10H2,1H3,(H,21,25)/t13-/m1/s1. The van der Waals surface area contributed by atoms with Crippen LogP contribution in [0.25, 0.3) is 5.82 Å². The van der Waals surface area contributed by atoms with Gasteiger partial charge in [0.2, 0.25) is 0 Å². The van der Waals surface area contributed by atoms with Gasteiger partial charge >= 0.3 is 0 Å². The lowest BCUT2D eigenvalue weighted by atomic mass is 9.96. The highest BCUT2D eigenvalue weighted by Gasteiger charge is 2.23. The first kappa shape index (κ1) is 17.0. The number of fused-ring (bicyclic) bond motifs is 1. The van der Waals surface area contributed by atoms with Crippen LogP contribution >= 0.6 is 0 Å². The molecular weight excluding hydrogens is 346 g/mol. The molecule has 0 aliphatic carbocycles. The van der Waals surface area contributed by atoms with Crippen LogP contribution in [-0.4, -0.2) is 45.9 Å². The molecule has 138 valence electrons. The van der Waals surface area contributed by atoms with E-state index in [0.29, 0.717) is 24.5 Å². The van der Waals surface area contributed by atoms with Crippen LogP contribution in [0.4, 0.5) is 0 Å². The van der Waals surface area contributed by atoms with E-state index in [0.717, 1.165) is 23.5 Å². The molecule has 0 saturated carbocycles. The fourth-order valence-electron chi connectivity index (χ4n) is 3.11. The van der Waals surface area contributed by atoms with E-state index in [2.05, 4.69) is 20.5 Å². The van der Waals surface area contributed by atoms with Crippen molar-refractivity contribution in [2.24, 2.45) is 5.92 Å². The lowest BCUT2D eigenvalue weighted by Crippen LogP contribution is -2.35. The van der Waals surface area contributed by atoms with Gasteiger partial charge in [-0.2, -0.15) is 0 Å². The summed E-state index contributed by atoms with van der Waals surface area (Å²) in [6.45, 7) is 1.07. The number of pyridine rings is 1. The number of carbonyl (C=O) groups excluding carboxylic acids is 1. The number of nitrogens with one attached hydrogen (secondary N) is 1. The molecule has 1 aliphatic rings. The quantitative estimate of drug-likeness (QED) is 0.739. The van der Waals surface area contributed by atoms with Crippen molar-refractivity contribution in [3.8, 4) is 17.3 Å². The van der Waals surface area contributed by atoms with E-state index in [-0.39, 0.29) is 11.8 Å². The SMILES string of the molecule is COc1cccc2c1OC[C@@H](CNC(=O)c1ccnc(-n3cnnc3)c1)C2. The number of ether oxygens (including phenoxy) is 2. The number of hydrogen-bond donors (Lipinski definition) is 1. The summed E-state index contributed by atoms with van der Waals surface area (Å²) < 4.78 is 12.8. The van der Waals surface area contributed by atoms with E-state index in [1.54, 1.807) is 30.0 Å². The Hall–Kier alpha value is -3.42. The molecular formula is C19H19N5O3. The summed E-state index contributed by atoms with van der Waals surface area (Å²) in [5, 5.41) is 10.5. The smallest absolute Gasteiger partial charge is 0.251 e. The zero-order chi connectivity index (χ0) is 18.6. The Labute approximate surface area is 156 Å². The molecule has 4 rings (SSSR count). The molecule has 1 aliphatic heterocycles. The van der Waals surface area contributed by atoms with Crippen LogP contribution < -0.4 is 14.8 Å². The topological polar surface area (TPSA) is 91.2 Å². The average molecular weight is 365 g/mol. The normalized spacial score (nSPS) is 15.5. The monoisotopic (exact) mass is 365 g/mol. The number of aromatic nitrogens is 4. The zero-order valence-corrected chi connectivity index (χ0v) is 14.8. The van der Waals surface area contributed by atoms with E-state index >= 15 is 0 Å². The third-order valence-electron chi connectivity index (χ3n) is 4.49. The number of para-hydroxylation sites is 1. The Kier molecular flexibility index (Phi) is 4.69. The minimum atomic E-state index is -0.150. The Balaban J connectivity index is 1.39. The third kappa shape index (κ3) is 3.59. The van der Waals surface area contributed by atoms with Crippen molar-refractivity contribution in [3.63, 3.8) is 0 Å². The molecule has 0 saturated heterocycles. The van der Waals surface area contributed by atoms with Gasteiger partial charge in [0.25, 0.3) is 5.91 Å². The molecule has 0 fully saturated rings. The largest absolute Gasteiger partial charge is 0.493 e. The predicted octanol–water partition coefficient (Wildman–Crippen LogP) is 1.65. The highest BCUT2D eigenvalue weighted by Crippen LogP contribution is 2.35. The third-order valence-corrected chi connectivity index (χ3v) is 4.49. The molecule has 0 spiro atoms. The van der Waals surface area contributed by atoms with E-state index in [1.807, 2.05) is 18.2 Å². The van der Waals surface area contributed by atoms with Gasteiger partial charge in [0, 0.05) is 24.2 Å². The number of amides is 1. The highest BCUT2D eigenvalue weighted by atomic mass is 16.5. The summed E-state index contributed by atoms with van der Waals surface area (Å²) in [4.78, 5) is 16.7. The number of rotatable bonds is 5. The van der Waals surface area contributed by atoms with E-state index < -0.39 is 0 Å². The molecule has 0 unspecified atom stereocenters. The molecule has 1 amide bonds. The second kappa shape index (κ2) is 7.45. The number of methoxy groups -OCH3 is 1. The Morgan fingerprint density at radius 1 is 1.33 bits per heavy atom. The summed E-state index contributed by atoms with van der Waals surface area (Å²) in [5.74, 6) is 2.19. The van der Waals surface area contributed by atoms with Crippen LogP contribution in [0.15, 0.2) is 49.2 Å². The maximum absolute atomic E-state index is 12.5. The highest BCUT2D eigenvalue weighted by molar-refractivity contribution is 5.94. The molecule has 3 aromatic rings. The number of hydrogen-bond acceptors (Lipinski definition) is 6. The summed E-state index contributed by atoms with van der Waals surface area (Å²) in [6.07, 6.45) is 5.50. The van der Waals surface area contributed by atoms with E-state index in [9.17, 15) is 4.79 Å². The second-order valence-electron chi connectivity index (χ2n) is 6.31. The summed E-state index contributed by atoms with van der Waals surface area (Å²) in [7, 11) is 1.63. The lowest BCUT2D eigenvalue weighted by Gasteiger charge is -2.26. The fraction of sp³-hybridized carbons (Fsp3) is 0.263. The second-order valence-corrected chi connectivity index (χ2v) is 6.31. The summed E-state index contributed by atoms with van der Waals surface area (Å²) >= 11 is 0. The van der Waals surface area contributed by atoms with Crippen LogP contribution in [0.1, 0.15) is 15.9 Å². The van der Waals surface area contributed by atoms with Crippen molar-refractivity contribution in [2.75, 3.05) is 20.3 Å². The molecule has 27 heavy (non-hydrogen) atoms. The van der Waals surface area contributed by atoms with Gasteiger partial charge < -0.3 is 14.8 Å². The zero-order valence-electron chi connectivity index (χ0n) is 14.8. The number of benzene rings is 1. The van der Waals surface area contributed by atoms with Crippen molar-refractivity contribution in [1.82, 2.24) is 25.1 Å². The van der Waals surface area contributed by atoms with Crippen molar-refractivity contribution < 1.29 is 14.3 Å². The first-order valence-corrected chi connectivity index (χ1v) is 8.62. The van der Waals surface area contributed by atoms with Crippen LogP contribution in [0.3, 0.4) is 0 Å². The van der Waals surface area contributed by atoms with E-state index in [1.165, 1.54) is 12.7 Å². The minimum absolute atomic E-state index is 0.150. The number of carbonyl (C=O) groups is 1. The molecule has 2 aromatic heterocycles. The van der Waals surface area contributed by atoms with E-state index in [4.69, 9.17) is 9.47 Å². The Morgan fingerprint density at radius 2 is 2.19 bits per heavy atom. The molecule has 3 heterocycles. The van der Waals surface area contributed by atoms with Gasteiger partial charge in [-0.1, -0.05) is 12.1 Å². The molecule has 1 N–H and O–H groups in total. The molecule has 1 aromatic carbocycles. The van der Waals surface area contributed by atoms with Crippen LogP contribution in [0, 0.1) is 5.92 Å². The van der Waals surface area contributed by atoms with Crippen LogP contribution in [0.5, 0.6) is 11.5 Å². The molecule has 1 atom stereocenters. The first-order valence-electron chi connectivity index (χ1n) is 8.62. The predicted molar refractivity (Wildman–Crippen MR) is 97.2 cm³/mol. The maximum Gasteiger partial charge on any atom is 0.251 e. The van der Waals surface area contributed by atoms with Gasteiger partial charge in [-0.25, -0.2) is 4.98 Å². The summed E-state index contributed by atoms with van der Waals surface area (Å²) in [5.41, 5.74) is 1.63. The summed E-state index contributed by atoms with van der Waals surface area (Å²) in [6, 6.07) is 9.25. The van der Waals surface area contributed by atoms with Gasteiger partial charge in [0.05, 0.1) is 13.7 Å². The average Bonchev–Trinajstić information content (AvgIpc) is 3.26. The molecule has 8 nitrogen and oxygen atoms in total. The molecule has 8 heteroatoms. The fourth-order valence-corrected chi connectivity index (χ4v) is 3.11. The van der Waals surface area contributed by atoms with Crippen molar-refractivity contribution in [3.05, 3.63) is 60.3 Å². The van der Waals surface area contributed by atoms with Gasteiger partial charge in [-0.15, -0.1) is 10.2 Å². The number of nitrogens with zero attached hydrogens (tertiary/aromatic N) is 4. The van der Waals surface area contributed by atoms with Crippen molar-refractivity contribution >= 4 is 5.91 Å². The van der Waals surface area contributed by atoms with Crippen molar-refractivity contribution in [1.29, 1.82) is 0 Å².